The molecule has 0 saturated heterocycles. The number of nitrogens with one attached hydrogen (secondary N) is 1. The van der Waals surface area contributed by atoms with E-state index in [4.69, 9.17) is 0 Å². The summed E-state index contributed by atoms with van der Waals surface area (Å²) in [5, 5.41) is 4.40. The lowest BCUT2D eigenvalue weighted by molar-refractivity contribution is 1.33. The minimum atomic E-state index is 1.22. The van der Waals surface area contributed by atoms with Gasteiger partial charge in [0, 0.05) is 11.9 Å². The molecule has 1 heterocycles. The number of aryl methyl sites for hydroxylation is 3. The summed E-state index contributed by atoms with van der Waals surface area (Å²) in [6.07, 6.45) is 0. The van der Waals surface area contributed by atoms with Gasteiger partial charge in [-0.05, 0) is 49.6 Å². The predicted molar refractivity (Wildman–Crippen MR) is 73.5 cm³/mol. The van der Waals surface area contributed by atoms with Crippen molar-refractivity contribution < 1.29 is 0 Å². The number of hydrogen-bond acceptors (Lipinski definition) is 2. The summed E-state index contributed by atoms with van der Waals surface area (Å²) in [5.74, 6) is 0. The fourth-order valence-electron chi connectivity index (χ4n) is 2.18. The minimum Gasteiger partial charge on any atom is -0.380 e. The monoisotopic (exact) mass is 231 g/mol. The van der Waals surface area contributed by atoms with E-state index in [-0.39, 0.29) is 0 Å². The van der Waals surface area contributed by atoms with E-state index in [0.717, 1.165) is 0 Å². The molecular formula is C14H17NS. The lowest BCUT2D eigenvalue weighted by Gasteiger charge is -2.09. The highest BCUT2D eigenvalue weighted by Crippen LogP contribution is 2.35. The van der Waals surface area contributed by atoms with Gasteiger partial charge >= 0.3 is 0 Å². The zero-order chi connectivity index (χ0) is 11.7. The van der Waals surface area contributed by atoms with Crippen LogP contribution in [0.1, 0.15) is 16.7 Å². The maximum atomic E-state index is 3.19. The second-order valence-electron chi connectivity index (χ2n) is 4.19. The quantitative estimate of drug-likeness (QED) is 0.808. The van der Waals surface area contributed by atoms with Crippen LogP contribution in [0.3, 0.4) is 0 Å². The first-order chi connectivity index (χ1) is 7.61. The molecule has 0 bridgehead atoms. The van der Waals surface area contributed by atoms with E-state index in [9.17, 15) is 0 Å². The standard InChI is InChI=1S/C14H17NS/c1-9-7-10(2)14(11(3)8-9)12-5-6-13(15-4)16-12/h5-8,15H,1-4H3. The second-order valence-corrected chi connectivity index (χ2v) is 5.27. The van der Waals surface area contributed by atoms with Crippen molar-refractivity contribution in [3.63, 3.8) is 0 Å². The molecule has 1 N–H and O–H groups in total. The average molecular weight is 231 g/mol. The van der Waals surface area contributed by atoms with E-state index in [0.29, 0.717) is 0 Å². The molecule has 0 radical (unpaired) electrons. The SMILES string of the molecule is CNc1ccc(-c2c(C)cc(C)cc2C)s1. The highest BCUT2D eigenvalue weighted by atomic mass is 32.1. The molecule has 2 aromatic rings. The van der Waals surface area contributed by atoms with Crippen LogP contribution in [0.5, 0.6) is 0 Å². The Labute approximate surface area is 101 Å². The molecule has 2 heteroatoms. The maximum Gasteiger partial charge on any atom is 0.0886 e. The molecule has 0 amide bonds. The van der Waals surface area contributed by atoms with Crippen molar-refractivity contribution in [2.45, 2.75) is 20.8 Å². The largest absolute Gasteiger partial charge is 0.380 e. The molecule has 0 aliphatic rings. The van der Waals surface area contributed by atoms with Crippen molar-refractivity contribution >= 4 is 16.3 Å². The first-order valence-corrected chi connectivity index (χ1v) is 6.29. The van der Waals surface area contributed by atoms with Gasteiger partial charge in [0.25, 0.3) is 0 Å². The fourth-order valence-corrected chi connectivity index (χ4v) is 3.21. The van der Waals surface area contributed by atoms with E-state index in [1.54, 1.807) is 0 Å². The maximum absolute atomic E-state index is 3.19. The number of rotatable bonds is 2. The molecule has 0 fully saturated rings. The highest BCUT2D eigenvalue weighted by molar-refractivity contribution is 7.19. The van der Waals surface area contributed by atoms with Gasteiger partial charge in [-0.1, -0.05) is 17.7 Å². The lowest BCUT2D eigenvalue weighted by atomic mass is 9.99. The summed E-state index contributed by atoms with van der Waals surface area (Å²) in [7, 11) is 1.96. The number of thiophene rings is 1. The topological polar surface area (TPSA) is 12.0 Å². The third-order valence-electron chi connectivity index (χ3n) is 2.78. The third-order valence-corrected chi connectivity index (χ3v) is 3.90. The molecule has 0 atom stereocenters. The van der Waals surface area contributed by atoms with Gasteiger partial charge in [-0.15, -0.1) is 11.3 Å². The molecule has 1 nitrogen and oxygen atoms in total. The lowest BCUT2D eigenvalue weighted by Crippen LogP contribution is -1.87. The molecule has 16 heavy (non-hydrogen) atoms. The van der Waals surface area contributed by atoms with Crippen molar-refractivity contribution in [2.24, 2.45) is 0 Å². The smallest absolute Gasteiger partial charge is 0.0886 e. The van der Waals surface area contributed by atoms with E-state index >= 15 is 0 Å². The van der Waals surface area contributed by atoms with Crippen molar-refractivity contribution in [3.8, 4) is 10.4 Å². The summed E-state index contributed by atoms with van der Waals surface area (Å²) < 4.78 is 0. The van der Waals surface area contributed by atoms with E-state index in [2.05, 4.69) is 50.4 Å². The summed E-state index contributed by atoms with van der Waals surface area (Å²) in [6, 6.07) is 8.84. The van der Waals surface area contributed by atoms with Gasteiger partial charge in [-0.25, -0.2) is 0 Å². The highest BCUT2D eigenvalue weighted by Gasteiger charge is 2.08. The molecule has 0 saturated carbocycles. The van der Waals surface area contributed by atoms with Crippen LogP contribution >= 0.6 is 11.3 Å². The van der Waals surface area contributed by atoms with Gasteiger partial charge in [0.2, 0.25) is 0 Å². The summed E-state index contributed by atoms with van der Waals surface area (Å²) >= 11 is 1.81. The van der Waals surface area contributed by atoms with Gasteiger partial charge in [0.15, 0.2) is 0 Å². The van der Waals surface area contributed by atoms with Gasteiger partial charge in [0.05, 0.1) is 5.00 Å². The molecule has 0 aliphatic heterocycles. The molecule has 0 spiro atoms. The first-order valence-electron chi connectivity index (χ1n) is 5.47. The van der Waals surface area contributed by atoms with E-state index < -0.39 is 0 Å². The molecular weight excluding hydrogens is 214 g/mol. The fraction of sp³-hybridized carbons (Fsp3) is 0.286. The zero-order valence-electron chi connectivity index (χ0n) is 10.2. The molecule has 1 aromatic carbocycles. The second kappa shape index (κ2) is 4.30. The Hall–Kier alpha value is -1.28. The summed E-state index contributed by atoms with van der Waals surface area (Å²) in [5.41, 5.74) is 5.45. The van der Waals surface area contributed by atoms with Crippen molar-refractivity contribution in [1.29, 1.82) is 0 Å². The Morgan fingerprint density at radius 3 is 2.12 bits per heavy atom. The predicted octanol–water partition coefficient (Wildman–Crippen LogP) is 4.38. The van der Waals surface area contributed by atoms with Crippen LogP contribution in [-0.2, 0) is 0 Å². The van der Waals surface area contributed by atoms with Crippen molar-refractivity contribution in [3.05, 3.63) is 41.0 Å². The summed E-state index contributed by atoms with van der Waals surface area (Å²) in [4.78, 5) is 1.35. The molecule has 0 aliphatic carbocycles. The third kappa shape index (κ3) is 1.98. The van der Waals surface area contributed by atoms with Crippen LogP contribution in [0.25, 0.3) is 10.4 Å². The summed E-state index contributed by atoms with van der Waals surface area (Å²) in [6.45, 7) is 6.53. The van der Waals surface area contributed by atoms with E-state index in [1.807, 2.05) is 18.4 Å². The Bertz CT molecular complexity index is 488. The van der Waals surface area contributed by atoms with Crippen molar-refractivity contribution in [1.82, 2.24) is 0 Å². The van der Waals surface area contributed by atoms with Gasteiger partial charge < -0.3 is 5.32 Å². The first kappa shape index (κ1) is 11.2. The van der Waals surface area contributed by atoms with Crippen LogP contribution in [0.15, 0.2) is 24.3 Å². The molecule has 84 valence electrons. The molecule has 2 rings (SSSR count). The Balaban J connectivity index is 2.55. The number of hydrogen-bond donors (Lipinski definition) is 1. The Kier molecular flexibility index (Phi) is 3.01. The van der Waals surface area contributed by atoms with Crippen molar-refractivity contribution in [2.75, 3.05) is 12.4 Å². The molecule has 0 unspecified atom stereocenters. The van der Waals surface area contributed by atoms with Gasteiger partial charge in [-0.3, -0.25) is 0 Å². The Morgan fingerprint density at radius 1 is 1.00 bits per heavy atom. The van der Waals surface area contributed by atoms with Crippen LogP contribution < -0.4 is 5.32 Å². The molecule has 1 aromatic heterocycles. The minimum absolute atomic E-state index is 1.22. The number of anilines is 1. The van der Waals surface area contributed by atoms with Crippen LogP contribution in [0.2, 0.25) is 0 Å². The van der Waals surface area contributed by atoms with Gasteiger partial charge in [-0.2, -0.15) is 0 Å². The Morgan fingerprint density at radius 2 is 1.62 bits per heavy atom. The zero-order valence-corrected chi connectivity index (χ0v) is 11.0. The van der Waals surface area contributed by atoms with Crippen LogP contribution in [-0.4, -0.2) is 7.05 Å². The average Bonchev–Trinajstić information content (AvgIpc) is 2.64. The van der Waals surface area contributed by atoms with Gasteiger partial charge in [0.1, 0.15) is 0 Å². The van der Waals surface area contributed by atoms with E-state index in [1.165, 1.54) is 32.1 Å². The normalized spacial score (nSPS) is 10.5. The number of benzene rings is 1. The van der Waals surface area contributed by atoms with Crippen LogP contribution in [0, 0.1) is 20.8 Å². The van der Waals surface area contributed by atoms with Crippen LogP contribution in [0.4, 0.5) is 5.00 Å².